The maximum atomic E-state index is 10.4. The van der Waals surface area contributed by atoms with Gasteiger partial charge < -0.3 is 15.3 Å². The third-order valence-electron chi connectivity index (χ3n) is 5.06. The molecule has 6 heteroatoms. The Bertz CT molecular complexity index is 495. The summed E-state index contributed by atoms with van der Waals surface area (Å²) in [6.07, 6.45) is 17.9. The summed E-state index contributed by atoms with van der Waals surface area (Å²) < 4.78 is 0. The second-order valence-electron chi connectivity index (χ2n) is 7.85. The molecule has 0 fully saturated rings. The Hall–Kier alpha value is -1.85. The number of allylic oxidation sites excluding steroid dienone is 2. The van der Waals surface area contributed by atoms with Crippen LogP contribution in [0.5, 0.6) is 0 Å². The summed E-state index contributed by atoms with van der Waals surface area (Å²) >= 11 is 0. The monoisotopic (exact) mass is 412 g/mol. The quantitative estimate of drug-likeness (QED) is 0.183. The molecule has 0 radical (unpaired) electrons. The van der Waals surface area contributed by atoms with Crippen molar-refractivity contribution in [1.29, 1.82) is 0 Å². The summed E-state index contributed by atoms with van der Waals surface area (Å²) in [6, 6.07) is 0. The molecule has 0 aromatic heterocycles. The molecule has 0 unspecified atom stereocenters. The smallest absolute Gasteiger partial charge is 0.303 e. The van der Waals surface area contributed by atoms with Gasteiger partial charge in [-0.25, -0.2) is 0 Å². The van der Waals surface area contributed by atoms with E-state index in [-0.39, 0.29) is 12.8 Å². The molecule has 0 spiro atoms. The first-order valence-electron chi connectivity index (χ1n) is 11.2. The Kier molecular flexibility index (Phi) is 17.0. The molecule has 0 saturated heterocycles. The molecular formula is C23H40O6. The van der Waals surface area contributed by atoms with Gasteiger partial charge in [-0.05, 0) is 38.5 Å². The molecule has 168 valence electrons. The van der Waals surface area contributed by atoms with Crippen LogP contribution in [0.15, 0.2) is 11.1 Å². The van der Waals surface area contributed by atoms with Crippen molar-refractivity contribution in [2.75, 3.05) is 0 Å². The lowest BCUT2D eigenvalue weighted by Gasteiger charge is -1.99. The summed E-state index contributed by atoms with van der Waals surface area (Å²) in [7, 11) is 0. The van der Waals surface area contributed by atoms with Crippen molar-refractivity contribution in [1.82, 2.24) is 0 Å². The van der Waals surface area contributed by atoms with E-state index in [9.17, 15) is 14.4 Å². The van der Waals surface area contributed by atoms with E-state index < -0.39 is 17.9 Å². The van der Waals surface area contributed by atoms with Crippen molar-refractivity contribution in [3.8, 4) is 0 Å². The first-order valence-corrected chi connectivity index (χ1v) is 11.2. The lowest BCUT2D eigenvalue weighted by Crippen LogP contribution is -2.00. The molecule has 0 aromatic carbocycles. The molecule has 0 atom stereocenters. The molecule has 0 saturated carbocycles. The molecule has 1 aliphatic carbocycles. The number of carboxylic acid groups (broad SMARTS) is 3. The van der Waals surface area contributed by atoms with Gasteiger partial charge in [0.05, 0.1) is 12.8 Å². The van der Waals surface area contributed by atoms with E-state index in [0.29, 0.717) is 6.42 Å². The molecule has 0 aliphatic heterocycles. The summed E-state index contributed by atoms with van der Waals surface area (Å²) in [5.74, 6) is -2.81. The number of carboxylic acids is 3. The Balaban J connectivity index is 0.000000828. The fourth-order valence-corrected chi connectivity index (χ4v) is 3.22. The molecular weight excluding hydrogens is 372 g/mol. The van der Waals surface area contributed by atoms with Crippen molar-refractivity contribution >= 4 is 17.9 Å². The molecule has 29 heavy (non-hydrogen) atoms. The van der Waals surface area contributed by atoms with Crippen LogP contribution in [0.4, 0.5) is 0 Å². The first kappa shape index (κ1) is 27.1. The van der Waals surface area contributed by atoms with Gasteiger partial charge in [-0.2, -0.15) is 0 Å². The molecule has 0 amide bonds. The van der Waals surface area contributed by atoms with Gasteiger partial charge in [-0.3, -0.25) is 14.4 Å². The normalized spacial score (nSPS) is 12.3. The van der Waals surface area contributed by atoms with Gasteiger partial charge in [0.2, 0.25) is 0 Å². The largest absolute Gasteiger partial charge is 0.481 e. The van der Waals surface area contributed by atoms with E-state index in [0.717, 1.165) is 12.8 Å². The third-order valence-corrected chi connectivity index (χ3v) is 5.06. The predicted molar refractivity (Wildman–Crippen MR) is 114 cm³/mol. The SMILES string of the molecule is CCCCCCCCC1=C(CCCCCCCC(=O)O)C1.O=C(O)CCC(=O)O. The van der Waals surface area contributed by atoms with E-state index in [1.54, 1.807) is 11.1 Å². The maximum Gasteiger partial charge on any atom is 0.303 e. The van der Waals surface area contributed by atoms with Gasteiger partial charge in [-0.1, -0.05) is 69.4 Å². The first-order chi connectivity index (χ1) is 13.9. The fraction of sp³-hybridized carbons (Fsp3) is 0.783. The summed E-state index contributed by atoms with van der Waals surface area (Å²) in [5.41, 5.74) is 3.51. The fourth-order valence-electron chi connectivity index (χ4n) is 3.22. The Labute approximate surface area is 175 Å². The highest BCUT2D eigenvalue weighted by Crippen LogP contribution is 2.38. The lowest BCUT2D eigenvalue weighted by molar-refractivity contribution is -0.143. The zero-order chi connectivity index (χ0) is 21.9. The van der Waals surface area contributed by atoms with E-state index in [1.165, 1.54) is 77.0 Å². The minimum Gasteiger partial charge on any atom is -0.481 e. The van der Waals surface area contributed by atoms with Crippen molar-refractivity contribution in [3.05, 3.63) is 11.1 Å². The minimum absolute atomic E-state index is 0.296. The van der Waals surface area contributed by atoms with Crippen LogP contribution in [-0.4, -0.2) is 33.2 Å². The number of rotatable bonds is 18. The average molecular weight is 413 g/mol. The van der Waals surface area contributed by atoms with Gasteiger partial charge in [0.15, 0.2) is 0 Å². The predicted octanol–water partition coefficient (Wildman–Crippen LogP) is 6.19. The molecule has 0 heterocycles. The van der Waals surface area contributed by atoms with Crippen LogP contribution in [0.2, 0.25) is 0 Å². The van der Waals surface area contributed by atoms with E-state index in [2.05, 4.69) is 6.92 Å². The van der Waals surface area contributed by atoms with Gasteiger partial charge in [0.25, 0.3) is 0 Å². The van der Waals surface area contributed by atoms with Crippen LogP contribution in [0.1, 0.15) is 116 Å². The zero-order valence-electron chi connectivity index (χ0n) is 18.1. The van der Waals surface area contributed by atoms with Crippen LogP contribution in [0.3, 0.4) is 0 Å². The number of hydrogen-bond donors (Lipinski definition) is 3. The molecule has 6 nitrogen and oxygen atoms in total. The van der Waals surface area contributed by atoms with Crippen LogP contribution in [-0.2, 0) is 14.4 Å². The van der Waals surface area contributed by atoms with Crippen molar-refractivity contribution < 1.29 is 29.7 Å². The van der Waals surface area contributed by atoms with Crippen molar-refractivity contribution in [2.24, 2.45) is 0 Å². The van der Waals surface area contributed by atoms with Crippen molar-refractivity contribution in [3.63, 3.8) is 0 Å². The molecule has 1 aliphatic rings. The number of unbranched alkanes of at least 4 members (excludes halogenated alkanes) is 9. The summed E-state index contributed by atoms with van der Waals surface area (Å²) in [5, 5.41) is 24.3. The van der Waals surface area contributed by atoms with Gasteiger partial charge in [0.1, 0.15) is 0 Å². The highest BCUT2D eigenvalue weighted by molar-refractivity contribution is 5.75. The van der Waals surface area contributed by atoms with E-state index in [1.807, 2.05) is 0 Å². The van der Waals surface area contributed by atoms with Crippen LogP contribution < -0.4 is 0 Å². The van der Waals surface area contributed by atoms with E-state index >= 15 is 0 Å². The molecule has 3 N–H and O–H groups in total. The number of hydrogen-bond acceptors (Lipinski definition) is 3. The average Bonchev–Trinajstić information content (AvgIpc) is 3.40. The lowest BCUT2D eigenvalue weighted by atomic mass is 10.1. The van der Waals surface area contributed by atoms with Gasteiger partial charge >= 0.3 is 17.9 Å². The highest BCUT2D eigenvalue weighted by atomic mass is 16.4. The second kappa shape index (κ2) is 18.2. The molecule has 1 rings (SSSR count). The zero-order valence-corrected chi connectivity index (χ0v) is 18.1. The Morgan fingerprint density at radius 3 is 1.38 bits per heavy atom. The van der Waals surface area contributed by atoms with Crippen LogP contribution >= 0.6 is 0 Å². The highest BCUT2D eigenvalue weighted by Gasteiger charge is 2.19. The number of aliphatic carboxylic acids is 3. The Morgan fingerprint density at radius 1 is 0.586 bits per heavy atom. The van der Waals surface area contributed by atoms with E-state index in [4.69, 9.17) is 15.3 Å². The van der Waals surface area contributed by atoms with Gasteiger partial charge in [-0.15, -0.1) is 0 Å². The third kappa shape index (κ3) is 20.7. The molecule has 0 bridgehead atoms. The Morgan fingerprint density at radius 2 is 0.966 bits per heavy atom. The van der Waals surface area contributed by atoms with Crippen molar-refractivity contribution in [2.45, 2.75) is 116 Å². The van der Waals surface area contributed by atoms with Crippen LogP contribution in [0, 0.1) is 0 Å². The second-order valence-corrected chi connectivity index (χ2v) is 7.85. The van der Waals surface area contributed by atoms with Crippen LogP contribution in [0.25, 0.3) is 0 Å². The van der Waals surface area contributed by atoms with Gasteiger partial charge in [0, 0.05) is 6.42 Å². The minimum atomic E-state index is -1.08. The summed E-state index contributed by atoms with van der Waals surface area (Å²) in [4.78, 5) is 29.7. The number of carbonyl (C=O) groups is 3. The standard InChI is InChI=1S/C19H34O2.C4H6O4/c1-2-3-4-5-7-10-13-17-16-18(17)14-11-8-6-9-12-15-19(20)21;5-3(6)1-2-4(7)8/h2-16H2,1H3,(H,20,21);1-2H2,(H,5,6)(H,7,8). The topological polar surface area (TPSA) is 112 Å². The maximum absolute atomic E-state index is 10.4. The summed E-state index contributed by atoms with van der Waals surface area (Å²) in [6.45, 7) is 2.27. The molecule has 0 aromatic rings.